The zero-order valence-electron chi connectivity index (χ0n) is 7.27. The van der Waals surface area contributed by atoms with Crippen LogP contribution in [0.15, 0.2) is 40.5 Å². The van der Waals surface area contributed by atoms with Crippen molar-refractivity contribution >= 4 is 11.5 Å². The van der Waals surface area contributed by atoms with Crippen LogP contribution in [0.25, 0.3) is 0 Å². The lowest BCUT2D eigenvalue weighted by molar-refractivity contribution is 1.02. The molecule has 0 fully saturated rings. The Labute approximate surface area is 77.0 Å². The van der Waals surface area contributed by atoms with Gasteiger partial charge in [-0.1, -0.05) is 30.3 Å². The number of benzene rings is 1. The summed E-state index contributed by atoms with van der Waals surface area (Å²) in [5.41, 5.74) is 7.68. The van der Waals surface area contributed by atoms with E-state index in [0.717, 1.165) is 24.1 Å². The molecule has 3 heteroatoms. The van der Waals surface area contributed by atoms with Crippen molar-refractivity contribution < 1.29 is 0 Å². The summed E-state index contributed by atoms with van der Waals surface area (Å²) in [4.78, 5) is 0. The SMILES string of the molecule is NC1=NN=C(c2ccccc2)CC1. The van der Waals surface area contributed by atoms with Gasteiger partial charge in [-0.3, -0.25) is 0 Å². The van der Waals surface area contributed by atoms with E-state index in [4.69, 9.17) is 5.73 Å². The van der Waals surface area contributed by atoms with E-state index >= 15 is 0 Å². The smallest absolute Gasteiger partial charge is 0.122 e. The second kappa shape index (κ2) is 3.39. The number of amidine groups is 1. The monoisotopic (exact) mass is 173 g/mol. The summed E-state index contributed by atoms with van der Waals surface area (Å²) in [6.45, 7) is 0. The summed E-state index contributed by atoms with van der Waals surface area (Å²) in [5, 5.41) is 7.93. The molecule has 0 saturated carbocycles. The Bertz CT molecular complexity index is 352. The molecule has 0 amide bonds. The normalized spacial score (nSPS) is 16.3. The Morgan fingerprint density at radius 2 is 1.77 bits per heavy atom. The number of nitrogens with two attached hydrogens (primary N) is 1. The summed E-state index contributed by atoms with van der Waals surface area (Å²) in [6, 6.07) is 10.1. The molecule has 0 unspecified atom stereocenters. The first-order chi connectivity index (χ1) is 6.36. The Balaban J connectivity index is 2.29. The zero-order valence-corrected chi connectivity index (χ0v) is 7.27. The Hall–Kier alpha value is -1.64. The Morgan fingerprint density at radius 1 is 1.00 bits per heavy atom. The van der Waals surface area contributed by atoms with Crippen molar-refractivity contribution in [1.82, 2.24) is 0 Å². The maximum Gasteiger partial charge on any atom is 0.122 e. The van der Waals surface area contributed by atoms with Crippen LogP contribution in [0.5, 0.6) is 0 Å². The first-order valence-electron chi connectivity index (χ1n) is 4.30. The molecule has 1 aromatic carbocycles. The maximum absolute atomic E-state index is 5.52. The summed E-state index contributed by atoms with van der Waals surface area (Å²) in [6.07, 6.45) is 1.70. The topological polar surface area (TPSA) is 50.7 Å². The molecule has 2 N–H and O–H groups in total. The molecule has 3 nitrogen and oxygen atoms in total. The predicted octanol–water partition coefficient (Wildman–Crippen LogP) is 1.54. The number of nitrogens with zero attached hydrogens (tertiary/aromatic N) is 2. The van der Waals surface area contributed by atoms with Gasteiger partial charge < -0.3 is 5.73 Å². The molecule has 0 saturated heterocycles. The predicted molar refractivity (Wildman–Crippen MR) is 53.8 cm³/mol. The van der Waals surface area contributed by atoms with E-state index in [9.17, 15) is 0 Å². The van der Waals surface area contributed by atoms with Gasteiger partial charge in [0, 0.05) is 6.42 Å². The molecular formula is C10H11N3. The fourth-order valence-corrected chi connectivity index (χ4v) is 1.30. The van der Waals surface area contributed by atoms with E-state index in [1.807, 2.05) is 30.3 Å². The van der Waals surface area contributed by atoms with Crippen molar-refractivity contribution in [2.45, 2.75) is 12.8 Å². The van der Waals surface area contributed by atoms with Crippen LogP contribution in [-0.2, 0) is 0 Å². The summed E-state index contributed by atoms with van der Waals surface area (Å²) < 4.78 is 0. The summed E-state index contributed by atoms with van der Waals surface area (Å²) in [7, 11) is 0. The van der Waals surface area contributed by atoms with Crippen molar-refractivity contribution in [1.29, 1.82) is 0 Å². The minimum Gasteiger partial charge on any atom is -0.386 e. The molecule has 1 heterocycles. The number of rotatable bonds is 1. The molecule has 66 valence electrons. The van der Waals surface area contributed by atoms with Gasteiger partial charge in [0.15, 0.2) is 0 Å². The van der Waals surface area contributed by atoms with E-state index < -0.39 is 0 Å². The molecule has 0 spiro atoms. The van der Waals surface area contributed by atoms with Crippen LogP contribution in [0.2, 0.25) is 0 Å². The van der Waals surface area contributed by atoms with Crippen molar-refractivity contribution in [3.63, 3.8) is 0 Å². The molecule has 1 aliphatic heterocycles. The molecule has 13 heavy (non-hydrogen) atoms. The molecule has 0 aromatic heterocycles. The van der Waals surface area contributed by atoms with Crippen LogP contribution in [0, 0.1) is 0 Å². The lowest BCUT2D eigenvalue weighted by Gasteiger charge is -2.08. The standard InChI is InChI=1S/C10H11N3/c11-10-7-6-9(12-13-10)8-4-2-1-3-5-8/h1-5H,6-7H2,(H2,11,13). The fourth-order valence-electron chi connectivity index (χ4n) is 1.30. The highest BCUT2D eigenvalue weighted by Gasteiger charge is 2.08. The lowest BCUT2D eigenvalue weighted by atomic mass is 10.1. The minimum atomic E-state index is 0.625. The van der Waals surface area contributed by atoms with E-state index in [1.165, 1.54) is 0 Å². The average molecular weight is 173 g/mol. The van der Waals surface area contributed by atoms with Gasteiger partial charge >= 0.3 is 0 Å². The average Bonchev–Trinajstić information content (AvgIpc) is 2.20. The lowest BCUT2D eigenvalue weighted by Crippen LogP contribution is -2.17. The van der Waals surface area contributed by atoms with Crippen LogP contribution in [-0.4, -0.2) is 11.5 Å². The van der Waals surface area contributed by atoms with Crippen LogP contribution >= 0.6 is 0 Å². The molecular weight excluding hydrogens is 162 g/mol. The van der Waals surface area contributed by atoms with Crippen molar-refractivity contribution in [3.05, 3.63) is 35.9 Å². The van der Waals surface area contributed by atoms with Crippen molar-refractivity contribution in [3.8, 4) is 0 Å². The van der Waals surface area contributed by atoms with Gasteiger partial charge in [-0.2, -0.15) is 5.10 Å². The molecule has 0 bridgehead atoms. The highest BCUT2D eigenvalue weighted by Crippen LogP contribution is 2.10. The van der Waals surface area contributed by atoms with Crippen LogP contribution in [0.3, 0.4) is 0 Å². The summed E-state index contributed by atoms with van der Waals surface area (Å²) in [5.74, 6) is 0.625. The van der Waals surface area contributed by atoms with Crippen LogP contribution in [0.1, 0.15) is 18.4 Å². The maximum atomic E-state index is 5.52. The fraction of sp³-hybridized carbons (Fsp3) is 0.200. The van der Waals surface area contributed by atoms with Crippen LogP contribution in [0.4, 0.5) is 0 Å². The number of hydrogen-bond donors (Lipinski definition) is 1. The van der Waals surface area contributed by atoms with Gasteiger partial charge in [0.25, 0.3) is 0 Å². The minimum absolute atomic E-state index is 0.625. The third kappa shape index (κ3) is 1.75. The molecule has 0 atom stereocenters. The second-order valence-corrected chi connectivity index (χ2v) is 3.00. The highest BCUT2D eigenvalue weighted by atomic mass is 15.2. The molecule has 1 aliphatic rings. The van der Waals surface area contributed by atoms with Gasteiger partial charge in [0.1, 0.15) is 5.84 Å². The first-order valence-corrected chi connectivity index (χ1v) is 4.30. The number of hydrogen-bond acceptors (Lipinski definition) is 3. The molecule has 1 aromatic rings. The van der Waals surface area contributed by atoms with Gasteiger partial charge in [-0.05, 0) is 12.0 Å². The van der Waals surface area contributed by atoms with E-state index in [2.05, 4.69) is 10.2 Å². The van der Waals surface area contributed by atoms with E-state index in [1.54, 1.807) is 0 Å². The van der Waals surface area contributed by atoms with Crippen LogP contribution < -0.4 is 5.73 Å². The van der Waals surface area contributed by atoms with E-state index in [0.29, 0.717) is 5.84 Å². The van der Waals surface area contributed by atoms with Gasteiger partial charge in [0.05, 0.1) is 5.71 Å². The second-order valence-electron chi connectivity index (χ2n) is 3.00. The quantitative estimate of drug-likeness (QED) is 0.688. The van der Waals surface area contributed by atoms with Crippen molar-refractivity contribution in [2.24, 2.45) is 15.9 Å². The molecule has 0 radical (unpaired) electrons. The van der Waals surface area contributed by atoms with Gasteiger partial charge in [-0.25, -0.2) is 0 Å². The first kappa shape index (κ1) is 7.98. The third-order valence-corrected chi connectivity index (χ3v) is 2.02. The Kier molecular flexibility index (Phi) is 2.08. The largest absolute Gasteiger partial charge is 0.386 e. The Morgan fingerprint density at radius 3 is 2.38 bits per heavy atom. The molecule has 2 rings (SSSR count). The zero-order chi connectivity index (χ0) is 9.10. The van der Waals surface area contributed by atoms with Gasteiger partial charge in [0.2, 0.25) is 0 Å². The highest BCUT2D eigenvalue weighted by molar-refractivity contribution is 6.04. The molecule has 0 aliphatic carbocycles. The summed E-state index contributed by atoms with van der Waals surface area (Å²) >= 11 is 0. The van der Waals surface area contributed by atoms with E-state index in [-0.39, 0.29) is 0 Å². The third-order valence-electron chi connectivity index (χ3n) is 2.02. The van der Waals surface area contributed by atoms with Crippen molar-refractivity contribution in [2.75, 3.05) is 0 Å². The van der Waals surface area contributed by atoms with Gasteiger partial charge in [-0.15, -0.1) is 5.10 Å².